The Kier molecular flexibility index (Phi) is 1.87. The zero-order valence-corrected chi connectivity index (χ0v) is 5.30. The lowest BCUT2D eigenvalue weighted by Gasteiger charge is -1.96. The molecule has 0 unspecified atom stereocenters. The second-order valence-electron chi connectivity index (χ2n) is 1.41. The van der Waals surface area contributed by atoms with Crippen molar-refractivity contribution in [1.82, 2.24) is 4.98 Å². The van der Waals surface area contributed by atoms with Gasteiger partial charge in [0.05, 0.1) is 0 Å². The van der Waals surface area contributed by atoms with Crippen molar-refractivity contribution in [2.75, 3.05) is 0 Å². The summed E-state index contributed by atoms with van der Waals surface area (Å²) < 4.78 is 0. The molecule has 1 aromatic heterocycles. The van der Waals surface area contributed by atoms with Crippen LogP contribution in [0.4, 0.5) is 0 Å². The summed E-state index contributed by atoms with van der Waals surface area (Å²) in [5.74, 6) is 5.05. The number of nitrogens with zero attached hydrogens (tertiary/aromatic N) is 1. The van der Waals surface area contributed by atoms with Crippen LogP contribution in [0.3, 0.4) is 0 Å². The van der Waals surface area contributed by atoms with E-state index in [-0.39, 0.29) is 5.88 Å². The Morgan fingerprint density at radius 2 is 2.44 bits per heavy atom. The van der Waals surface area contributed by atoms with E-state index in [0.717, 1.165) is 0 Å². The van der Waals surface area contributed by atoms with E-state index in [1.54, 1.807) is 18.3 Å². The highest BCUT2D eigenvalue weighted by molar-refractivity contribution is 6.31. The van der Waals surface area contributed by atoms with Gasteiger partial charge in [0.25, 0.3) is 5.88 Å². The molecule has 0 aliphatic carbocycles. The van der Waals surface area contributed by atoms with Crippen molar-refractivity contribution < 1.29 is 4.84 Å². The lowest BCUT2D eigenvalue weighted by atomic mass is 10.5. The minimum atomic E-state index is 0.249. The van der Waals surface area contributed by atoms with Crippen molar-refractivity contribution in [3.63, 3.8) is 0 Å². The first-order chi connectivity index (χ1) is 4.34. The minimum absolute atomic E-state index is 0.249. The van der Waals surface area contributed by atoms with Crippen molar-refractivity contribution in [1.29, 1.82) is 0 Å². The van der Waals surface area contributed by atoms with Gasteiger partial charge in [-0.05, 0) is 12.1 Å². The van der Waals surface area contributed by atoms with Gasteiger partial charge in [0, 0.05) is 6.20 Å². The Morgan fingerprint density at radius 3 is 2.89 bits per heavy atom. The lowest BCUT2D eigenvalue weighted by Crippen LogP contribution is -2.03. The van der Waals surface area contributed by atoms with Crippen molar-refractivity contribution >= 4 is 11.6 Å². The predicted molar refractivity (Wildman–Crippen MR) is 34.1 cm³/mol. The molecule has 4 heteroatoms. The average Bonchev–Trinajstić information content (AvgIpc) is 1.89. The van der Waals surface area contributed by atoms with Crippen LogP contribution in [0.25, 0.3) is 0 Å². The number of nitrogens with two attached hydrogens (primary N) is 1. The highest BCUT2D eigenvalue weighted by Crippen LogP contribution is 2.17. The maximum Gasteiger partial charge on any atom is 0.256 e. The third kappa shape index (κ3) is 1.31. The Labute approximate surface area is 57.4 Å². The standard InChI is InChI=1S/C5H5ClN2O/c6-4-2-1-3-8-5(4)9-7/h1-3H,7H2. The summed E-state index contributed by atoms with van der Waals surface area (Å²) in [5, 5.41) is 0.417. The van der Waals surface area contributed by atoms with E-state index >= 15 is 0 Å². The SMILES string of the molecule is NOc1ncccc1Cl. The first kappa shape index (κ1) is 6.32. The normalized spacial score (nSPS) is 9.11. The second-order valence-corrected chi connectivity index (χ2v) is 1.82. The Morgan fingerprint density at radius 1 is 1.67 bits per heavy atom. The molecule has 0 saturated carbocycles. The Hall–Kier alpha value is -0.800. The van der Waals surface area contributed by atoms with Crippen molar-refractivity contribution in [2.24, 2.45) is 5.90 Å². The summed E-state index contributed by atoms with van der Waals surface area (Å²) >= 11 is 5.56. The molecule has 0 saturated heterocycles. The molecule has 1 aromatic rings. The van der Waals surface area contributed by atoms with Crippen molar-refractivity contribution in [3.05, 3.63) is 23.4 Å². The Bertz CT molecular complexity index is 204. The molecule has 0 aliphatic rings. The molecule has 0 fully saturated rings. The maximum atomic E-state index is 5.56. The molecular formula is C5H5ClN2O. The van der Waals surface area contributed by atoms with E-state index in [2.05, 4.69) is 9.82 Å². The van der Waals surface area contributed by atoms with Gasteiger partial charge in [-0.3, -0.25) is 0 Å². The summed E-state index contributed by atoms with van der Waals surface area (Å²) in [6, 6.07) is 3.35. The molecule has 0 atom stereocenters. The molecule has 0 bridgehead atoms. The first-order valence-electron chi connectivity index (χ1n) is 2.32. The van der Waals surface area contributed by atoms with Gasteiger partial charge >= 0.3 is 0 Å². The van der Waals surface area contributed by atoms with E-state index in [0.29, 0.717) is 5.02 Å². The number of pyridine rings is 1. The van der Waals surface area contributed by atoms with E-state index in [9.17, 15) is 0 Å². The number of hydrogen-bond acceptors (Lipinski definition) is 3. The summed E-state index contributed by atoms with van der Waals surface area (Å²) in [7, 11) is 0. The fraction of sp³-hybridized carbons (Fsp3) is 0. The van der Waals surface area contributed by atoms with Gasteiger partial charge in [-0.1, -0.05) is 11.6 Å². The quantitative estimate of drug-likeness (QED) is 0.598. The summed E-state index contributed by atoms with van der Waals surface area (Å²) in [6.07, 6.45) is 1.55. The molecule has 48 valence electrons. The zero-order chi connectivity index (χ0) is 6.69. The van der Waals surface area contributed by atoms with Crippen LogP contribution in [0.2, 0.25) is 5.02 Å². The van der Waals surface area contributed by atoms with Gasteiger partial charge in [-0.15, -0.1) is 0 Å². The van der Waals surface area contributed by atoms with Gasteiger partial charge in [-0.2, -0.15) is 5.90 Å². The van der Waals surface area contributed by atoms with E-state index in [4.69, 9.17) is 17.5 Å². The van der Waals surface area contributed by atoms with Crippen molar-refractivity contribution in [3.8, 4) is 5.88 Å². The highest BCUT2D eigenvalue weighted by atomic mass is 35.5. The van der Waals surface area contributed by atoms with Gasteiger partial charge in [0.15, 0.2) is 0 Å². The molecule has 3 nitrogen and oxygen atoms in total. The molecule has 9 heavy (non-hydrogen) atoms. The first-order valence-corrected chi connectivity index (χ1v) is 2.69. The summed E-state index contributed by atoms with van der Waals surface area (Å²) in [4.78, 5) is 8.02. The van der Waals surface area contributed by atoms with E-state index in [1.165, 1.54) is 0 Å². The van der Waals surface area contributed by atoms with Crippen LogP contribution >= 0.6 is 11.6 Å². The van der Waals surface area contributed by atoms with Gasteiger partial charge in [-0.25, -0.2) is 4.98 Å². The van der Waals surface area contributed by atoms with Crippen LogP contribution in [-0.2, 0) is 0 Å². The third-order valence-corrected chi connectivity index (χ3v) is 1.12. The summed E-state index contributed by atoms with van der Waals surface area (Å²) in [6.45, 7) is 0. The maximum absolute atomic E-state index is 5.56. The zero-order valence-electron chi connectivity index (χ0n) is 4.54. The smallest absolute Gasteiger partial charge is 0.256 e. The summed E-state index contributed by atoms with van der Waals surface area (Å²) in [5.41, 5.74) is 0. The van der Waals surface area contributed by atoms with Gasteiger partial charge in [0.1, 0.15) is 5.02 Å². The molecule has 0 aliphatic heterocycles. The van der Waals surface area contributed by atoms with Crippen LogP contribution in [0.1, 0.15) is 0 Å². The van der Waals surface area contributed by atoms with Crippen LogP contribution in [0.15, 0.2) is 18.3 Å². The lowest BCUT2D eigenvalue weighted by molar-refractivity contribution is 0.321. The van der Waals surface area contributed by atoms with E-state index in [1.807, 2.05) is 0 Å². The number of rotatable bonds is 1. The predicted octanol–water partition coefficient (Wildman–Crippen LogP) is 0.988. The highest BCUT2D eigenvalue weighted by Gasteiger charge is 1.96. The van der Waals surface area contributed by atoms with Crippen LogP contribution in [0, 0.1) is 0 Å². The molecule has 1 rings (SSSR count). The molecule has 0 aromatic carbocycles. The molecule has 0 radical (unpaired) electrons. The molecule has 0 amide bonds. The van der Waals surface area contributed by atoms with Gasteiger partial charge < -0.3 is 4.84 Å². The van der Waals surface area contributed by atoms with E-state index < -0.39 is 0 Å². The minimum Gasteiger partial charge on any atom is -0.390 e. The average molecular weight is 145 g/mol. The van der Waals surface area contributed by atoms with Crippen LogP contribution in [0.5, 0.6) is 5.88 Å². The number of halogens is 1. The topological polar surface area (TPSA) is 48.1 Å². The van der Waals surface area contributed by atoms with Crippen molar-refractivity contribution in [2.45, 2.75) is 0 Å². The second kappa shape index (κ2) is 2.66. The van der Waals surface area contributed by atoms with Crippen LogP contribution in [-0.4, -0.2) is 4.98 Å². The number of hydrogen-bond donors (Lipinski definition) is 1. The monoisotopic (exact) mass is 144 g/mol. The fourth-order valence-corrected chi connectivity index (χ4v) is 0.624. The van der Waals surface area contributed by atoms with Crippen LogP contribution < -0.4 is 10.7 Å². The Balaban J connectivity index is 3.01. The molecular weight excluding hydrogens is 140 g/mol. The molecule has 0 spiro atoms. The largest absolute Gasteiger partial charge is 0.390 e. The molecule has 1 heterocycles. The fourth-order valence-electron chi connectivity index (χ4n) is 0.458. The molecule has 2 N–H and O–H groups in total. The third-order valence-electron chi connectivity index (χ3n) is 0.836. The number of aromatic nitrogens is 1. The van der Waals surface area contributed by atoms with Gasteiger partial charge in [0.2, 0.25) is 0 Å².